The van der Waals surface area contributed by atoms with Crippen LogP contribution in [0.15, 0.2) is 30.3 Å². The molecule has 0 aliphatic rings. The molecular weight excluding hydrogens is 260 g/mol. The van der Waals surface area contributed by atoms with Crippen LogP contribution in [0.4, 0.5) is 5.00 Å². The maximum absolute atomic E-state index is 7.10. The van der Waals surface area contributed by atoms with E-state index in [1.807, 2.05) is 13.0 Å². The van der Waals surface area contributed by atoms with Crippen molar-refractivity contribution in [3.05, 3.63) is 35.2 Å². The summed E-state index contributed by atoms with van der Waals surface area (Å²) in [5.74, 6) is 0. The van der Waals surface area contributed by atoms with Crippen LogP contribution in [0.2, 0.25) is 0 Å². The lowest BCUT2D eigenvalue weighted by Crippen LogP contribution is -2.05. The summed E-state index contributed by atoms with van der Waals surface area (Å²) < 4.78 is 0. The summed E-state index contributed by atoms with van der Waals surface area (Å²) in [7, 11) is 4.12. The van der Waals surface area contributed by atoms with Gasteiger partial charge in [-0.3, -0.25) is 0 Å². The Labute approximate surface area is 116 Å². The van der Waals surface area contributed by atoms with Gasteiger partial charge in [-0.05, 0) is 42.8 Å². The lowest BCUT2D eigenvalue weighted by atomic mass is 10.2. The summed E-state index contributed by atoms with van der Waals surface area (Å²) in [6.45, 7) is 2.04. The van der Waals surface area contributed by atoms with Gasteiger partial charge in [0, 0.05) is 34.9 Å². The van der Waals surface area contributed by atoms with Crippen LogP contribution < -0.4 is 4.90 Å². The molecule has 0 amide bonds. The molecule has 4 heteroatoms. The molecule has 0 saturated carbocycles. The second-order valence-corrected chi connectivity index (χ2v) is 6.36. The van der Waals surface area contributed by atoms with Gasteiger partial charge in [0.05, 0.1) is 5.00 Å². The van der Waals surface area contributed by atoms with Crippen molar-refractivity contribution in [1.29, 1.82) is 5.41 Å². The molecule has 2 heterocycles. The number of hydrogen-bond donors (Lipinski definition) is 1. The monoisotopic (exact) mass is 276 g/mol. The number of allylic oxidation sites excluding steroid dienone is 2. The first-order valence-corrected chi connectivity index (χ1v) is 7.30. The van der Waals surface area contributed by atoms with E-state index < -0.39 is 0 Å². The molecule has 0 aromatic carbocycles. The van der Waals surface area contributed by atoms with Crippen molar-refractivity contribution in [3.8, 4) is 9.75 Å². The number of nitrogens with one attached hydrogen (secondary N) is 1. The maximum atomic E-state index is 7.10. The van der Waals surface area contributed by atoms with E-state index in [9.17, 15) is 0 Å². The molecule has 2 nitrogen and oxygen atoms in total. The molecule has 0 aliphatic heterocycles. The normalized spacial score (nSPS) is 11.6. The molecule has 0 unspecified atom stereocenters. The number of thiophene rings is 2. The van der Waals surface area contributed by atoms with Crippen molar-refractivity contribution in [1.82, 2.24) is 0 Å². The third-order valence-corrected chi connectivity index (χ3v) is 5.27. The summed E-state index contributed by atoms with van der Waals surface area (Å²) in [5, 5.41) is 8.37. The van der Waals surface area contributed by atoms with E-state index in [0.29, 0.717) is 0 Å². The molecule has 18 heavy (non-hydrogen) atoms. The second-order valence-electron chi connectivity index (χ2n) is 4.21. The first-order valence-electron chi connectivity index (χ1n) is 5.67. The van der Waals surface area contributed by atoms with E-state index in [4.69, 9.17) is 5.41 Å². The fraction of sp³-hybridized carbons (Fsp3) is 0.214. The Balaban J connectivity index is 2.29. The zero-order valence-electron chi connectivity index (χ0n) is 10.7. The van der Waals surface area contributed by atoms with Crippen molar-refractivity contribution < 1.29 is 0 Å². The second kappa shape index (κ2) is 5.50. The first kappa shape index (κ1) is 13.1. The zero-order chi connectivity index (χ0) is 13.1. The molecule has 0 bridgehead atoms. The minimum absolute atomic E-state index is 1.14. The average molecular weight is 276 g/mol. The number of rotatable bonds is 4. The molecule has 94 valence electrons. The molecule has 0 saturated heterocycles. The van der Waals surface area contributed by atoms with Gasteiger partial charge in [0.15, 0.2) is 0 Å². The highest BCUT2D eigenvalue weighted by Gasteiger charge is 2.07. The summed E-state index contributed by atoms with van der Waals surface area (Å²) in [5.41, 5.74) is 1.14. The Morgan fingerprint density at radius 1 is 1.11 bits per heavy atom. The summed E-state index contributed by atoms with van der Waals surface area (Å²) in [6.07, 6.45) is 3.17. The standard InChI is InChI=1S/C14H16N2S2/c1-10(8-9-15)11-4-5-12(17-11)13-6-7-14(18-13)16(2)3/h4-9,15H,1-3H3/b10-8+,15-9?. The minimum atomic E-state index is 1.14. The van der Waals surface area contributed by atoms with Crippen LogP contribution in [-0.4, -0.2) is 20.3 Å². The molecule has 2 aromatic heterocycles. The van der Waals surface area contributed by atoms with Crippen molar-refractivity contribution in [3.63, 3.8) is 0 Å². The zero-order valence-corrected chi connectivity index (χ0v) is 12.4. The molecule has 0 fully saturated rings. The largest absolute Gasteiger partial charge is 0.370 e. The smallest absolute Gasteiger partial charge is 0.0910 e. The predicted molar refractivity (Wildman–Crippen MR) is 84.4 cm³/mol. The van der Waals surface area contributed by atoms with E-state index in [2.05, 4.69) is 43.3 Å². The van der Waals surface area contributed by atoms with Crippen LogP contribution in [0.25, 0.3) is 15.3 Å². The summed E-state index contributed by atoms with van der Waals surface area (Å²) >= 11 is 3.58. The van der Waals surface area contributed by atoms with Gasteiger partial charge < -0.3 is 10.3 Å². The topological polar surface area (TPSA) is 27.1 Å². The molecule has 0 radical (unpaired) electrons. The number of anilines is 1. The average Bonchev–Trinajstić information content (AvgIpc) is 2.98. The van der Waals surface area contributed by atoms with Gasteiger partial charge in [0.25, 0.3) is 0 Å². The van der Waals surface area contributed by atoms with E-state index in [-0.39, 0.29) is 0 Å². The quantitative estimate of drug-likeness (QED) is 0.812. The van der Waals surface area contributed by atoms with Crippen molar-refractivity contribution in [2.24, 2.45) is 0 Å². The predicted octanol–water partition coefficient (Wildman–Crippen LogP) is 4.60. The fourth-order valence-corrected chi connectivity index (χ4v) is 3.60. The van der Waals surface area contributed by atoms with E-state index in [1.54, 1.807) is 22.7 Å². The molecule has 2 rings (SSSR count). The summed E-state index contributed by atoms with van der Waals surface area (Å²) in [4.78, 5) is 5.95. The van der Waals surface area contributed by atoms with Crippen LogP contribution in [0, 0.1) is 5.41 Å². The van der Waals surface area contributed by atoms with Crippen LogP contribution in [0.3, 0.4) is 0 Å². The third kappa shape index (κ3) is 2.71. The highest BCUT2D eigenvalue weighted by Crippen LogP contribution is 2.38. The van der Waals surface area contributed by atoms with E-state index in [1.165, 1.54) is 25.8 Å². The Morgan fingerprint density at radius 2 is 1.78 bits per heavy atom. The van der Waals surface area contributed by atoms with Crippen molar-refractivity contribution >= 4 is 39.5 Å². The molecule has 0 spiro atoms. The first-order chi connectivity index (χ1) is 8.61. The minimum Gasteiger partial charge on any atom is -0.370 e. The molecule has 0 atom stereocenters. The van der Waals surface area contributed by atoms with Gasteiger partial charge in [-0.1, -0.05) is 0 Å². The van der Waals surface area contributed by atoms with Gasteiger partial charge in [-0.15, -0.1) is 22.7 Å². The van der Waals surface area contributed by atoms with Gasteiger partial charge in [0.2, 0.25) is 0 Å². The SMILES string of the molecule is C/C(=C\C=N)c1ccc(-c2ccc(N(C)C)s2)s1. The highest BCUT2D eigenvalue weighted by molar-refractivity contribution is 7.24. The Hall–Kier alpha value is -1.39. The highest BCUT2D eigenvalue weighted by atomic mass is 32.1. The van der Waals surface area contributed by atoms with Crippen LogP contribution in [0.5, 0.6) is 0 Å². The third-order valence-electron chi connectivity index (χ3n) is 2.60. The lowest BCUT2D eigenvalue weighted by molar-refractivity contribution is 1.16. The van der Waals surface area contributed by atoms with Crippen LogP contribution >= 0.6 is 22.7 Å². The number of nitrogens with zero attached hydrogens (tertiary/aromatic N) is 1. The Morgan fingerprint density at radius 3 is 2.39 bits per heavy atom. The summed E-state index contributed by atoms with van der Waals surface area (Å²) in [6, 6.07) is 8.61. The molecule has 1 N–H and O–H groups in total. The van der Waals surface area contributed by atoms with Gasteiger partial charge in [0.1, 0.15) is 0 Å². The molecule has 0 aliphatic carbocycles. The molecular formula is C14H16N2S2. The maximum Gasteiger partial charge on any atom is 0.0910 e. The van der Waals surface area contributed by atoms with Gasteiger partial charge in [-0.25, -0.2) is 0 Å². The van der Waals surface area contributed by atoms with Crippen LogP contribution in [-0.2, 0) is 0 Å². The number of hydrogen-bond acceptors (Lipinski definition) is 4. The Bertz CT molecular complexity index is 576. The van der Waals surface area contributed by atoms with Gasteiger partial charge in [-0.2, -0.15) is 0 Å². The van der Waals surface area contributed by atoms with Crippen molar-refractivity contribution in [2.75, 3.05) is 19.0 Å². The van der Waals surface area contributed by atoms with Crippen molar-refractivity contribution in [2.45, 2.75) is 6.92 Å². The fourth-order valence-electron chi connectivity index (χ4n) is 1.59. The van der Waals surface area contributed by atoms with E-state index >= 15 is 0 Å². The lowest BCUT2D eigenvalue weighted by Gasteiger charge is -2.06. The van der Waals surface area contributed by atoms with Gasteiger partial charge >= 0.3 is 0 Å². The van der Waals surface area contributed by atoms with E-state index in [0.717, 1.165) is 5.57 Å². The Kier molecular flexibility index (Phi) is 3.99. The van der Waals surface area contributed by atoms with Crippen LogP contribution in [0.1, 0.15) is 11.8 Å². The molecule has 2 aromatic rings.